The van der Waals surface area contributed by atoms with E-state index in [1.807, 2.05) is 0 Å². The van der Waals surface area contributed by atoms with Gasteiger partial charge < -0.3 is 0 Å². The van der Waals surface area contributed by atoms with Crippen molar-refractivity contribution in [2.45, 2.75) is 27.2 Å². The average Bonchev–Trinajstić information content (AvgIpc) is 2.19. The van der Waals surface area contributed by atoms with Gasteiger partial charge >= 0.3 is 0 Å². The number of carbonyl (C=O) groups excluding carboxylic acids is 1. The van der Waals surface area contributed by atoms with E-state index >= 15 is 0 Å². The fourth-order valence-electron chi connectivity index (χ4n) is 1.79. The van der Waals surface area contributed by atoms with E-state index in [-0.39, 0.29) is 11.7 Å². The Morgan fingerprint density at radius 1 is 1.27 bits per heavy atom. The van der Waals surface area contributed by atoms with Crippen molar-refractivity contribution in [1.29, 1.82) is 0 Å². The van der Waals surface area contributed by atoms with E-state index in [1.165, 1.54) is 0 Å². The highest BCUT2D eigenvalue weighted by atomic mass is 35.5. The summed E-state index contributed by atoms with van der Waals surface area (Å²) in [5.74, 6) is 0.730. The molecule has 0 N–H and O–H groups in total. The van der Waals surface area contributed by atoms with Gasteiger partial charge in [-0.1, -0.05) is 32.4 Å². The van der Waals surface area contributed by atoms with E-state index in [9.17, 15) is 4.79 Å². The molecule has 15 heavy (non-hydrogen) atoms. The lowest BCUT2D eigenvalue weighted by atomic mass is 9.86. The van der Waals surface area contributed by atoms with Crippen LogP contribution in [-0.4, -0.2) is 5.78 Å². The van der Waals surface area contributed by atoms with Crippen LogP contribution in [0.4, 0.5) is 0 Å². The van der Waals surface area contributed by atoms with Gasteiger partial charge in [-0.3, -0.25) is 4.79 Å². The summed E-state index contributed by atoms with van der Waals surface area (Å²) in [6.45, 7) is 6.22. The average molecular weight is 225 g/mol. The second-order valence-electron chi connectivity index (χ2n) is 4.13. The van der Waals surface area contributed by atoms with Crippen LogP contribution >= 0.6 is 11.6 Å². The van der Waals surface area contributed by atoms with Gasteiger partial charge in [-0.25, -0.2) is 0 Å². The molecule has 0 fully saturated rings. The Morgan fingerprint density at radius 2 is 1.80 bits per heavy atom. The van der Waals surface area contributed by atoms with Crippen molar-refractivity contribution in [3.8, 4) is 0 Å². The van der Waals surface area contributed by atoms with Crippen LogP contribution in [0.2, 0.25) is 5.02 Å². The smallest absolute Gasteiger partial charge is 0.166 e. The lowest BCUT2D eigenvalue weighted by Crippen LogP contribution is -2.19. The van der Waals surface area contributed by atoms with E-state index in [4.69, 9.17) is 11.6 Å². The van der Waals surface area contributed by atoms with Crippen LogP contribution in [0.3, 0.4) is 0 Å². The van der Waals surface area contributed by atoms with Gasteiger partial charge in [0.25, 0.3) is 0 Å². The number of hydrogen-bond acceptors (Lipinski definition) is 1. The van der Waals surface area contributed by atoms with Crippen LogP contribution in [-0.2, 0) is 0 Å². The van der Waals surface area contributed by atoms with Crippen LogP contribution in [0.5, 0.6) is 0 Å². The minimum Gasteiger partial charge on any atom is -0.294 e. The Kier molecular flexibility index (Phi) is 4.34. The summed E-state index contributed by atoms with van der Waals surface area (Å²) in [6.07, 6.45) is 0.888. The Morgan fingerprint density at radius 3 is 2.20 bits per heavy atom. The van der Waals surface area contributed by atoms with Crippen molar-refractivity contribution in [3.63, 3.8) is 0 Å². The molecule has 0 radical (unpaired) electrons. The molecule has 0 spiro atoms. The highest BCUT2D eigenvalue weighted by Crippen LogP contribution is 2.21. The summed E-state index contributed by atoms with van der Waals surface area (Å²) in [5, 5.41) is 0.671. The lowest BCUT2D eigenvalue weighted by molar-refractivity contribution is 0.0882. The monoisotopic (exact) mass is 224 g/mol. The van der Waals surface area contributed by atoms with E-state index < -0.39 is 0 Å². The largest absolute Gasteiger partial charge is 0.294 e. The predicted molar refractivity (Wildman–Crippen MR) is 64.4 cm³/mol. The van der Waals surface area contributed by atoms with Crippen molar-refractivity contribution in [3.05, 3.63) is 34.9 Å². The number of halogens is 1. The molecule has 0 bridgehead atoms. The standard InChI is InChI=1S/C13H17ClO/c1-4-12(9(2)3)13(15)10-5-7-11(14)8-6-10/h5-9,12H,4H2,1-3H3. The van der Waals surface area contributed by atoms with Gasteiger partial charge in [0.1, 0.15) is 0 Å². The predicted octanol–water partition coefficient (Wildman–Crippen LogP) is 4.20. The van der Waals surface area contributed by atoms with Crippen molar-refractivity contribution in [1.82, 2.24) is 0 Å². The molecular weight excluding hydrogens is 208 g/mol. The summed E-state index contributed by atoms with van der Waals surface area (Å²) >= 11 is 5.78. The molecule has 0 saturated carbocycles. The molecule has 1 atom stereocenters. The van der Waals surface area contributed by atoms with Gasteiger partial charge in [-0.15, -0.1) is 0 Å². The van der Waals surface area contributed by atoms with Gasteiger partial charge in [0.05, 0.1) is 0 Å². The fraction of sp³-hybridized carbons (Fsp3) is 0.462. The maximum Gasteiger partial charge on any atom is 0.166 e. The molecule has 1 aromatic rings. The van der Waals surface area contributed by atoms with Crippen molar-refractivity contribution >= 4 is 17.4 Å². The van der Waals surface area contributed by atoms with E-state index in [1.54, 1.807) is 24.3 Å². The zero-order valence-electron chi connectivity index (χ0n) is 9.46. The van der Waals surface area contributed by atoms with Gasteiger partial charge in [-0.05, 0) is 36.6 Å². The third-order valence-corrected chi connectivity index (χ3v) is 2.96. The van der Waals surface area contributed by atoms with Crippen LogP contribution in [0.15, 0.2) is 24.3 Å². The van der Waals surface area contributed by atoms with E-state index in [2.05, 4.69) is 20.8 Å². The van der Waals surface area contributed by atoms with Crippen LogP contribution in [0.25, 0.3) is 0 Å². The van der Waals surface area contributed by atoms with E-state index in [0.29, 0.717) is 10.9 Å². The number of Topliss-reactive ketones (excluding diaryl/α,β-unsaturated/α-hetero) is 1. The molecule has 1 aromatic carbocycles. The SMILES string of the molecule is CCC(C(=O)c1ccc(Cl)cc1)C(C)C. The highest BCUT2D eigenvalue weighted by Gasteiger charge is 2.21. The molecule has 1 rings (SSSR count). The summed E-state index contributed by atoms with van der Waals surface area (Å²) < 4.78 is 0. The quantitative estimate of drug-likeness (QED) is 0.701. The molecule has 0 aliphatic rings. The molecule has 1 nitrogen and oxygen atoms in total. The van der Waals surface area contributed by atoms with Crippen molar-refractivity contribution < 1.29 is 4.79 Å². The third kappa shape index (κ3) is 3.07. The first-order valence-electron chi connectivity index (χ1n) is 5.36. The summed E-state index contributed by atoms with van der Waals surface area (Å²) in [6, 6.07) is 7.13. The molecule has 82 valence electrons. The molecule has 0 amide bonds. The van der Waals surface area contributed by atoms with Crippen LogP contribution < -0.4 is 0 Å². The number of carbonyl (C=O) groups is 1. The second-order valence-corrected chi connectivity index (χ2v) is 4.57. The Labute approximate surface area is 96.5 Å². The minimum atomic E-state index is 0.117. The Hall–Kier alpha value is -0.820. The second kappa shape index (κ2) is 5.32. The van der Waals surface area contributed by atoms with Gasteiger partial charge in [0.2, 0.25) is 0 Å². The normalized spacial score (nSPS) is 12.9. The van der Waals surface area contributed by atoms with Crippen molar-refractivity contribution in [2.24, 2.45) is 11.8 Å². The number of rotatable bonds is 4. The van der Waals surface area contributed by atoms with Gasteiger partial charge in [0.15, 0.2) is 5.78 Å². The molecule has 0 aromatic heterocycles. The third-order valence-electron chi connectivity index (χ3n) is 2.71. The number of benzene rings is 1. The lowest BCUT2D eigenvalue weighted by Gasteiger charge is -2.17. The molecule has 0 aliphatic heterocycles. The number of ketones is 1. The Balaban J connectivity index is 2.88. The maximum absolute atomic E-state index is 12.1. The maximum atomic E-state index is 12.1. The molecule has 2 heteroatoms. The summed E-state index contributed by atoms with van der Waals surface area (Å²) in [5.41, 5.74) is 0.764. The molecule has 1 unspecified atom stereocenters. The first kappa shape index (κ1) is 12.3. The van der Waals surface area contributed by atoms with Gasteiger partial charge in [-0.2, -0.15) is 0 Å². The fourth-order valence-corrected chi connectivity index (χ4v) is 1.91. The molecule has 0 heterocycles. The van der Waals surface area contributed by atoms with E-state index in [0.717, 1.165) is 12.0 Å². The zero-order chi connectivity index (χ0) is 11.4. The summed E-state index contributed by atoms with van der Waals surface area (Å²) in [4.78, 5) is 12.1. The first-order chi connectivity index (χ1) is 7.06. The molecule has 0 saturated heterocycles. The van der Waals surface area contributed by atoms with Gasteiger partial charge in [0, 0.05) is 16.5 Å². The van der Waals surface area contributed by atoms with Crippen LogP contribution in [0.1, 0.15) is 37.6 Å². The Bertz CT molecular complexity index is 327. The highest BCUT2D eigenvalue weighted by molar-refractivity contribution is 6.30. The molecular formula is C13H17ClO. The van der Waals surface area contributed by atoms with Crippen LogP contribution in [0, 0.1) is 11.8 Å². The summed E-state index contributed by atoms with van der Waals surface area (Å²) in [7, 11) is 0. The zero-order valence-corrected chi connectivity index (χ0v) is 10.2. The molecule has 0 aliphatic carbocycles. The minimum absolute atomic E-state index is 0.117. The number of hydrogen-bond donors (Lipinski definition) is 0. The first-order valence-corrected chi connectivity index (χ1v) is 5.73. The van der Waals surface area contributed by atoms with Crippen molar-refractivity contribution in [2.75, 3.05) is 0 Å². The topological polar surface area (TPSA) is 17.1 Å².